The minimum Gasteiger partial charge on any atom is -0.496 e. The Hall–Kier alpha value is -0.670. The third kappa shape index (κ3) is 1.42. The lowest BCUT2D eigenvalue weighted by Gasteiger charge is -2.03. The molecule has 0 N–H and O–H groups in total. The molecule has 68 valence electrons. The molecule has 0 atom stereocenters. The number of fused-ring (bicyclic) bond motifs is 1. The summed E-state index contributed by atoms with van der Waals surface area (Å²) < 4.78 is 6.54. The van der Waals surface area contributed by atoms with Crippen molar-refractivity contribution in [3.8, 4) is 5.75 Å². The van der Waals surface area contributed by atoms with Crippen molar-refractivity contribution in [1.82, 2.24) is 0 Å². The highest BCUT2D eigenvalue weighted by molar-refractivity contribution is 7.80. The van der Waals surface area contributed by atoms with Crippen LogP contribution in [0.2, 0.25) is 0 Å². The van der Waals surface area contributed by atoms with Gasteiger partial charge in [0, 0.05) is 20.4 Å². The van der Waals surface area contributed by atoms with Gasteiger partial charge in [-0.1, -0.05) is 0 Å². The summed E-state index contributed by atoms with van der Waals surface area (Å²) in [7, 11) is 1.69. The predicted molar refractivity (Wildman–Crippen MR) is 60.4 cm³/mol. The van der Waals surface area contributed by atoms with Crippen LogP contribution in [-0.2, 0) is 0 Å². The van der Waals surface area contributed by atoms with Gasteiger partial charge in [-0.25, -0.2) is 0 Å². The topological polar surface area (TPSA) is 9.23 Å². The van der Waals surface area contributed by atoms with Crippen LogP contribution in [0, 0.1) is 6.92 Å². The molecule has 13 heavy (non-hydrogen) atoms. The summed E-state index contributed by atoms with van der Waals surface area (Å²) in [6.45, 7) is 2.07. The highest BCUT2D eigenvalue weighted by Crippen LogP contribution is 2.36. The minimum atomic E-state index is 0.918. The molecule has 0 radical (unpaired) electrons. The maximum atomic E-state index is 5.31. The van der Waals surface area contributed by atoms with Crippen molar-refractivity contribution in [1.29, 1.82) is 0 Å². The Bertz CT molecular complexity index is 445. The molecule has 0 saturated heterocycles. The van der Waals surface area contributed by atoms with Crippen LogP contribution in [0.4, 0.5) is 0 Å². The van der Waals surface area contributed by atoms with E-state index in [0.717, 1.165) is 16.0 Å². The monoisotopic (exact) mass is 210 g/mol. The Labute approximate surface area is 86.8 Å². The molecule has 1 aromatic carbocycles. The third-order valence-corrected chi connectivity index (χ3v) is 3.44. The van der Waals surface area contributed by atoms with Crippen molar-refractivity contribution in [2.24, 2.45) is 0 Å². The van der Waals surface area contributed by atoms with Gasteiger partial charge in [-0.3, -0.25) is 0 Å². The summed E-state index contributed by atoms with van der Waals surface area (Å²) in [5.74, 6) is 0.918. The van der Waals surface area contributed by atoms with Gasteiger partial charge in [0.05, 0.1) is 7.11 Å². The van der Waals surface area contributed by atoms with Gasteiger partial charge >= 0.3 is 0 Å². The molecule has 1 aromatic heterocycles. The standard InChI is InChI=1S/C10H10OS2/c1-6-3-7(11-2)10-8(12)5-13-9(10)4-6/h3-5,12H,1-2H3. The van der Waals surface area contributed by atoms with Gasteiger partial charge in [0.2, 0.25) is 0 Å². The molecule has 0 saturated carbocycles. The Morgan fingerprint density at radius 1 is 1.38 bits per heavy atom. The van der Waals surface area contributed by atoms with E-state index in [0.29, 0.717) is 0 Å². The van der Waals surface area contributed by atoms with Gasteiger partial charge in [-0.15, -0.1) is 24.0 Å². The lowest BCUT2D eigenvalue weighted by molar-refractivity contribution is 0.419. The number of hydrogen-bond donors (Lipinski definition) is 1. The zero-order valence-corrected chi connectivity index (χ0v) is 9.21. The van der Waals surface area contributed by atoms with Gasteiger partial charge in [-0.05, 0) is 24.6 Å². The molecule has 0 unspecified atom stereocenters. The van der Waals surface area contributed by atoms with E-state index in [-0.39, 0.29) is 0 Å². The average molecular weight is 210 g/mol. The smallest absolute Gasteiger partial charge is 0.128 e. The van der Waals surface area contributed by atoms with Gasteiger partial charge in [0.1, 0.15) is 5.75 Å². The SMILES string of the molecule is COc1cc(C)cc2scc(S)c12. The van der Waals surface area contributed by atoms with Crippen LogP contribution in [0.5, 0.6) is 5.75 Å². The first-order valence-electron chi connectivity index (χ1n) is 3.97. The second-order valence-electron chi connectivity index (χ2n) is 2.96. The fourth-order valence-electron chi connectivity index (χ4n) is 1.41. The van der Waals surface area contributed by atoms with E-state index in [1.165, 1.54) is 10.3 Å². The Kier molecular flexibility index (Phi) is 2.22. The maximum Gasteiger partial charge on any atom is 0.128 e. The van der Waals surface area contributed by atoms with Crippen molar-refractivity contribution >= 4 is 34.1 Å². The van der Waals surface area contributed by atoms with Gasteiger partial charge in [0.15, 0.2) is 0 Å². The highest BCUT2D eigenvalue weighted by atomic mass is 32.1. The first-order chi connectivity index (χ1) is 6.22. The largest absolute Gasteiger partial charge is 0.496 e. The van der Waals surface area contributed by atoms with Gasteiger partial charge in [0.25, 0.3) is 0 Å². The van der Waals surface area contributed by atoms with Crippen molar-refractivity contribution < 1.29 is 4.74 Å². The molecule has 0 fully saturated rings. The quantitative estimate of drug-likeness (QED) is 0.709. The molecule has 3 heteroatoms. The van der Waals surface area contributed by atoms with Gasteiger partial charge in [-0.2, -0.15) is 0 Å². The Morgan fingerprint density at radius 3 is 2.85 bits per heavy atom. The lowest BCUT2D eigenvalue weighted by atomic mass is 10.2. The summed E-state index contributed by atoms with van der Waals surface area (Å²) in [5.41, 5.74) is 1.22. The van der Waals surface area contributed by atoms with Crippen LogP contribution in [0.3, 0.4) is 0 Å². The molecule has 0 aliphatic rings. The van der Waals surface area contributed by atoms with Crippen LogP contribution in [0.15, 0.2) is 22.4 Å². The first-order valence-corrected chi connectivity index (χ1v) is 5.30. The summed E-state index contributed by atoms with van der Waals surface area (Å²) in [6.07, 6.45) is 0. The van der Waals surface area contributed by atoms with E-state index < -0.39 is 0 Å². The van der Waals surface area contributed by atoms with Crippen LogP contribution >= 0.6 is 24.0 Å². The molecular formula is C10H10OS2. The zero-order valence-electron chi connectivity index (χ0n) is 7.50. The predicted octanol–water partition coefficient (Wildman–Crippen LogP) is 3.51. The number of thiophene rings is 1. The normalized spacial score (nSPS) is 10.7. The van der Waals surface area contributed by atoms with E-state index in [2.05, 4.69) is 25.6 Å². The number of rotatable bonds is 1. The average Bonchev–Trinajstić information content (AvgIpc) is 2.46. The third-order valence-electron chi connectivity index (χ3n) is 1.98. The number of thiol groups is 1. The number of hydrogen-bond acceptors (Lipinski definition) is 3. The first kappa shape index (κ1) is 8.91. The number of aryl methyl sites for hydroxylation is 1. The van der Waals surface area contributed by atoms with E-state index in [4.69, 9.17) is 4.74 Å². The zero-order chi connectivity index (χ0) is 9.42. The summed E-state index contributed by atoms with van der Waals surface area (Å²) in [5, 5.41) is 3.16. The van der Waals surface area contributed by atoms with Crippen molar-refractivity contribution in [2.75, 3.05) is 7.11 Å². The molecular weight excluding hydrogens is 200 g/mol. The van der Waals surface area contributed by atoms with E-state index in [1.54, 1.807) is 18.4 Å². The summed E-state index contributed by atoms with van der Waals surface area (Å²) in [4.78, 5) is 0.997. The van der Waals surface area contributed by atoms with E-state index in [1.807, 2.05) is 11.4 Å². The van der Waals surface area contributed by atoms with Gasteiger partial charge < -0.3 is 4.74 Å². The van der Waals surface area contributed by atoms with Crippen LogP contribution in [-0.4, -0.2) is 7.11 Å². The molecule has 1 heterocycles. The molecule has 0 bridgehead atoms. The van der Waals surface area contributed by atoms with Crippen molar-refractivity contribution in [2.45, 2.75) is 11.8 Å². The lowest BCUT2D eigenvalue weighted by Crippen LogP contribution is -1.84. The molecule has 1 nitrogen and oxygen atoms in total. The fourth-order valence-corrected chi connectivity index (χ4v) is 2.81. The molecule has 0 amide bonds. The number of benzene rings is 1. The molecule has 0 aliphatic heterocycles. The summed E-state index contributed by atoms with van der Waals surface area (Å²) >= 11 is 6.09. The fraction of sp³-hybridized carbons (Fsp3) is 0.200. The number of methoxy groups -OCH3 is 1. The van der Waals surface area contributed by atoms with Crippen LogP contribution in [0.1, 0.15) is 5.56 Å². The second kappa shape index (κ2) is 3.24. The van der Waals surface area contributed by atoms with Crippen LogP contribution in [0.25, 0.3) is 10.1 Å². The molecule has 0 aliphatic carbocycles. The summed E-state index contributed by atoms with van der Waals surface area (Å²) in [6, 6.07) is 4.19. The number of ether oxygens (including phenoxy) is 1. The maximum absolute atomic E-state index is 5.31. The minimum absolute atomic E-state index is 0.918. The molecule has 0 spiro atoms. The molecule has 2 aromatic rings. The highest BCUT2D eigenvalue weighted by Gasteiger charge is 2.07. The van der Waals surface area contributed by atoms with E-state index >= 15 is 0 Å². The van der Waals surface area contributed by atoms with Crippen molar-refractivity contribution in [3.63, 3.8) is 0 Å². The molecule has 2 rings (SSSR count). The second-order valence-corrected chi connectivity index (χ2v) is 4.35. The van der Waals surface area contributed by atoms with Crippen molar-refractivity contribution in [3.05, 3.63) is 23.1 Å². The van der Waals surface area contributed by atoms with E-state index in [9.17, 15) is 0 Å². The Morgan fingerprint density at radius 2 is 2.15 bits per heavy atom. The Balaban J connectivity index is 2.85. The van der Waals surface area contributed by atoms with Crippen LogP contribution < -0.4 is 4.74 Å².